The summed E-state index contributed by atoms with van der Waals surface area (Å²) in [7, 11) is 1.61. The minimum absolute atomic E-state index is 0.182. The van der Waals surface area contributed by atoms with E-state index in [0.29, 0.717) is 16.5 Å². The maximum Gasteiger partial charge on any atom is 0.128 e. The van der Waals surface area contributed by atoms with Gasteiger partial charge in [-0.15, -0.1) is 0 Å². The van der Waals surface area contributed by atoms with Gasteiger partial charge in [0, 0.05) is 23.0 Å². The zero-order valence-corrected chi connectivity index (χ0v) is 14.5. The van der Waals surface area contributed by atoms with Crippen LogP contribution in [0.25, 0.3) is 16.9 Å². The molecule has 0 bridgehead atoms. The fourth-order valence-corrected chi connectivity index (χ4v) is 2.62. The van der Waals surface area contributed by atoms with Crippen LogP contribution in [0.4, 0.5) is 0 Å². The van der Waals surface area contributed by atoms with Gasteiger partial charge < -0.3 is 9.84 Å². The average molecular weight is 347 g/mol. The van der Waals surface area contributed by atoms with Crippen LogP contribution in [0.5, 0.6) is 5.75 Å². The summed E-state index contributed by atoms with van der Waals surface area (Å²) in [6, 6.07) is 7.05. The molecule has 0 fully saturated rings. The highest BCUT2D eigenvalue weighted by molar-refractivity contribution is 6.31. The minimum Gasteiger partial charge on any atom is -0.496 e. The third-order valence-electron chi connectivity index (χ3n) is 4.00. The van der Waals surface area contributed by atoms with E-state index >= 15 is 0 Å². The highest BCUT2D eigenvalue weighted by atomic mass is 35.5. The molecule has 6 nitrogen and oxygen atoms in total. The molecule has 0 unspecified atom stereocenters. The van der Waals surface area contributed by atoms with E-state index in [4.69, 9.17) is 16.3 Å². The first-order chi connectivity index (χ1) is 11.5. The van der Waals surface area contributed by atoms with Crippen molar-refractivity contribution in [1.82, 2.24) is 19.6 Å². The summed E-state index contributed by atoms with van der Waals surface area (Å²) in [5, 5.41) is 19.4. The fraction of sp³-hybridized carbons (Fsp3) is 0.294. The summed E-state index contributed by atoms with van der Waals surface area (Å²) in [6.45, 7) is 3.64. The first kappa shape index (κ1) is 16.5. The minimum atomic E-state index is -0.538. The van der Waals surface area contributed by atoms with Crippen molar-refractivity contribution < 1.29 is 9.84 Å². The Morgan fingerprint density at radius 1 is 1.29 bits per heavy atom. The maximum absolute atomic E-state index is 9.89. The van der Waals surface area contributed by atoms with Crippen molar-refractivity contribution in [2.45, 2.75) is 26.0 Å². The predicted molar refractivity (Wildman–Crippen MR) is 92.7 cm³/mol. The van der Waals surface area contributed by atoms with Crippen LogP contribution in [-0.2, 0) is 0 Å². The highest BCUT2D eigenvalue weighted by Gasteiger charge is 2.21. The molecular weight excluding hydrogens is 328 g/mol. The molecule has 2 atom stereocenters. The first-order valence-corrected chi connectivity index (χ1v) is 8.00. The number of hydrogen-bond acceptors (Lipinski definition) is 4. The lowest BCUT2D eigenvalue weighted by Crippen LogP contribution is -2.18. The molecule has 0 aliphatic carbocycles. The number of rotatable bonds is 5. The van der Waals surface area contributed by atoms with Gasteiger partial charge in [-0.2, -0.15) is 10.2 Å². The lowest BCUT2D eigenvalue weighted by atomic mass is 10.1. The van der Waals surface area contributed by atoms with Crippen molar-refractivity contribution in [3.05, 3.63) is 47.9 Å². The summed E-state index contributed by atoms with van der Waals surface area (Å²) in [5.74, 6) is 0.669. The summed E-state index contributed by atoms with van der Waals surface area (Å²) in [5.41, 5.74) is 2.24. The Hall–Kier alpha value is -2.31. The van der Waals surface area contributed by atoms with E-state index < -0.39 is 6.10 Å². The molecule has 0 saturated carbocycles. The molecule has 0 saturated heterocycles. The lowest BCUT2D eigenvalue weighted by Gasteiger charge is -2.14. The smallest absolute Gasteiger partial charge is 0.128 e. The molecular formula is C17H19ClN4O2. The lowest BCUT2D eigenvalue weighted by molar-refractivity contribution is 0.132. The van der Waals surface area contributed by atoms with Crippen LogP contribution >= 0.6 is 11.6 Å². The molecule has 7 heteroatoms. The largest absolute Gasteiger partial charge is 0.496 e. The monoisotopic (exact) mass is 346 g/mol. The number of ether oxygens (including phenoxy) is 1. The Balaban J connectivity index is 2.21. The molecule has 1 aromatic carbocycles. The number of hydrogen-bond donors (Lipinski definition) is 1. The summed E-state index contributed by atoms with van der Waals surface area (Å²) < 4.78 is 8.92. The van der Waals surface area contributed by atoms with Crippen molar-refractivity contribution in [2.75, 3.05) is 7.11 Å². The van der Waals surface area contributed by atoms with Crippen LogP contribution in [0.3, 0.4) is 0 Å². The summed E-state index contributed by atoms with van der Waals surface area (Å²) in [6.07, 6.45) is 4.87. The Bertz CT molecular complexity index is 827. The second-order valence-corrected chi connectivity index (χ2v) is 6.06. The molecule has 2 heterocycles. The number of halogens is 1. The SMILES string of the molecule is COc1ccc(Cl)cc1-c1nn([C@H](C)[C@@H](C)O)cc1-n1cccn1. The molecule has 0 spiro atoms. The number of methoxy groups -OCH3 is 1. The van der Waals surface area contributed by atoms with Gasteiger partial charge in [-0.25, -0.2) is 4.68 Å². The average Bonchev–Trinajstić information content (AvgIpc) is 3.23. The van der Waals surface area contributed by atoms with Gasteiger partial charge >= 0.3 is 0 Å². The van der Waals surface area contributed by atoms with Crippen LogP contribution in [0.2, 0.25) is 5.02 Å². The van der Waals surface area contributed by atoms with Crippen molar-refractivity contribution in [1.29, 1.82) is 0 Å². The van der Waals surface area contributed by atoms with Gasteiger partial charge in [0.25, 0.3) is 0 Å². The second-order valence-electron chi connectivity index (χ2n) is 5.62. The summed E-state index contributed by atoms with van der Waals surface area (Å²) >= 11 is 6.17. The van der Waals surface area contributed by atoms with Crippen LogP contribution in [0.15, 0.2) is 42.9 Å². The van der Waals surface area contributed by atoms with Gasteiger partial charge in [0.1, 0.15) is 17.1 Å². The van der Waals surface area contributed by atoms with Crippen LogP contribution in [-0.4, -0.2) is 37.9 Å². The first-order valence-electron chi connectivity index (χ1n) is 7.62. The van der Waals surface area contributed by atoms with E-state index in [2.05, 4.69) is 10.2 Å². The molecule has 3 rings (SSSR count). The number of benzene rings is 1. The standard InChI is InChI=1S/C17H19ClN4O2/c1-11(12(2)23)22-10-15(21-8-4-7-19-21)17(20-22)14-9-13(18)5-6-16(14)24-3/h4-12,23H,1-3H3/t11-,12-/m1/s1. The Labute approximate surface area is 145 Å². The molecule has 0 radical (unpaired) electrons. The van der Waals surface area contributed by atoms with Crippen molar-refractivity contribution >= 4 is 11.6 Å². The van der Waals surface area contributed by atoms with Crippen molar-refractivity contribution in [3.8, 4) is 22.7 Å². The van der Waals surface area contributed by atoms with Gasteiger partial charge in [0.2, 0.25) is 0 Å². The van der Waals surface area contributed by atoms with Crippen molar-refractivity contribution in [3.63, 3.8) is 0 Å². The molecule has 0 aliphatic rings. The van der Waals surface area contributed by atoms with E-state index in [0.717, 1.165) is 11.3 Å². The molecule has 2 aromatic heterocycles. The van der Waals surface area contributed by atoms with Gasteiger partial charge in [-0.05, 0) is 38.1 Å². The zero-order chi connectivity index (χ0) is 17.3. The topological polar surface area (TPSA) is 65.1 Å². The quantitative estimate of drug-likeness (QED) is 0.769. The number of aliphatic hydroxyl groups excluding tert-OH is 1. The van der Waals surface area contributed by atoms with E-state index in [1.165, 1.54) is 0 Å². The van der Waals surface area contributed by atoms with E-state index in [9.17, 15) is 5.11 Å². The van der Waals surface area contributed by atoms with Crippen molar-refractivity contribution in [2.24, 2.45) is 0 Å². The molecule has 1 N–H and O–H groups in total. The van der Waals surface area contributed by atoms with Crippen LogP contribution in [0, 0.1) is 0 Å². The number of nitrogens with zero attached hydrogens (tertiary/aromatic N) is 4. The molecule has 0 aliphatic heterocycles. The molecule has 126 valence electrons. The zero-order valence-electron chi connectivity index (χ0n) is 13.7. The third kappa shape index (κ3) is 3.02. The van der Waals surface area contributed by atoms with E-state index in [-0.39, 0.29) is 6.04 Å². The maximum atomic E-state index is 9.89. The Morgan fingerprint density at radius 3 is 2.71 bits per heavy atom. The van der Waals surface area contributed by atoms with Gasteiger partial charge in [-0.3, -0.25) is 4.68 Å². The predicted octanol–water partition coefficient (Wildman–Crippen LogP) is 3.34. The Kier molecular flexibility index (Phi) is 4.59. The van der Waals surface area contributed by atoms with E-state index in [1.54, 1.807) is 35.7 Å². The number of aromatic nitrogens is 4. The molecule has 24 heavy (non-hydrogen) atoms. The van der Waals surface area contributed by atoms with Crippen LogP contribution < -0.4 is 4.74 Å². The fourth-order valence-electron chi connectivity index (χ4n) is 2.45. The third-order valence-corrected chi connectivity index (χ3v) is 4.23. The van der Waals surface area contributed by atoms with E-state index in [1.807, 2.05) is 37.5 Å². The normalized spacial score (nSPS) is 13.7. The van der Waals surface area contributed by atoms with Gasteiger partial charge in [-0.1, -0.05) is 11.6 Å². The molecule has 3 aromatic rings. The van der Waals surface area contributed by atoms with Gasteiger partial charge in [0.15, 0.2) is 0 Å². The van der Waals surface area contributed by atoms with Gasteiger partial charge in [0.05, 0.1) is 25.5 Å². The van der Waals surface area contributed by atoms with Crippen LogP contribution in [0.1, 0.15) is 19.9 Å². The molecule has 0 amide bonds. The number of aliphatic hydroxyl groups is 1. The second kappa shape index (κ2) is 6.67. The highest BCUT2D eigenvalue weighted by Crippen LogP contribution is 2.35. The summed E-state index contributed by atoms with van der Waals surface area (Å²) in [4.78, 5) is 0. The Morgan fingerprint density at radius 2 is 2.08 bits per heavy atom.